The van der Waals surface area contributed by atoms with E-state index in [1.807, 2.05) is 12.1 Å². The van der Waals surface area contributed by atoms with Crippen molar-refractivity contribution in [3.05, 3.63) is 71.3 Å². The van der Waals surface area contributed by atoms with Gasteiger partial charge < -0.3 is 10.1 Å². The maximum absolute atomic E-state index is 12.3. The SMILES string of the molecule is COc1ccc(NC(=O)c2ccc(Cn3cncn3)cc2)cc1Cl. The van der Waals surface area contributed by atoms with Crippen LogP contribution in [0, 0.1) is 0 Å². The van der Waals surface area contributed by atoms with E-state index in [1.54, 1.807) is 48.5 Å². The van der Waals surface area contributed by atoms with Gasteiger partial charge in [0.1, 0.15) is 18.4 Å². The Morgan fingerprint density at radius 2 is 2.04 bits per heavy atom. The highest BCUT2D eigenvalue weighted by atomic mass is 35.5. The zero-order valence-electron chi connectivity index (χ0n) is 12.9. The molecule has 2 aromatic carbocycles. The highest BCUT2D eigenvalue weighted by Gasteiger charge is 2.08. The molecule has 0 atom stereocenters. The molecule has 122 valence electrons. The minimum absolute atomic E-state index is 0.205. The summed E-state index contributed by atoms with van der Waals surface area (Å²) in [5, 5.41) is 7.30. The Kier molecular flexibility index (Phi) is 4.77. The average molecular weight is 343 g/mol. The molecule has 1 N–H and O–H groups in total. The molecule has 24 heavy (non-hydrogen) atoms. The van der Waals surface area contributed by atoms with Crippen LogP contribution in [0.2, 0.25) is 5.02 Å². The Bertz CT molecular complexity index is 832. The lowest BCUT2D eigenvalue weighted by Gasteiger charge is -2.08. The van der Waals surface area contributed by atoms with Crippen LogP contribution in [-0.2, 0) is 6.54 Å². The Morgan fingerprint density at radius 1 is 1.25 bits per heavy atom. The highest BCUT2D eigenvalue weighted by Crippen LogP contribution is 2.27. The molecule has 0 aliphatic rings. The minimum atomic E-state index is -0.205. The van der Waals surface area contributed by atoms with Gasteiger partial charge in [0.15, 0.2) is 0 Å². The van der Waals surface area contributed by atoms with Crippen LogP contribution in [0.5, 0.6) is 5.75 Å². The fraction of sp³-hybridized carbons (Fsp3) is 0.118. The van der Waals surface area contributed by atoms with Gasteiger partial charge in [-0.1, -0.05) is 23.7 Å². The normalized spacial score (nSPS) is 10.4. The number of ether oxygens (including phenoxy) is 1. The van der Waals surface area contributed by atoms with E-state index in [1.165, 1.54) is 6.33 Å². The van der Waals surface area contributed by atoms with E-state index in [9.17, 15) is 4.79 Å². The molecule has 0 aliphatic heterocycles. The third-order valence-electron chi connectivity index (χ3n) is 3.44. The number of hydrogen-bond donors (Lipinski definition) is 1. The van der Waals surface area contributed by atoms with Crippen molar-refractivity contribution in [2.45, 2.75) is 6.54 Å². The molecule has 1 amide bonds. The molecule has 0 bridgehead atoms. The van der Waals surface area contributed by atoms with Gasteiger partial charge in [-0.25, -0.2) is 9.67 Å². The first-order valence-corrected chi connectivity index (χ1v) is 7.60. The summed E-state index contributed by atoms with van der Waals surface area (Å²) in [6.07, 6.45) is 3.13. The van der Waals surface area contributed by atoms with Gasteiger partial charge in [-0.05, 0) is 35.9 Å². The number of rotatable bonds is 5. The van der Waals surface area contributed by atoms with E-state index in [4.69, 9.17) is 16.3 Å². The lowest BCUT2D eigenvalue weighted by Crippen LogP contribution is -2.12. The number of nitrogens with one attached hydrogen (secondary N) is 1. The van der Waals surface area contributed by atoms with E-state index in [0.717, 1.165) is 5.56 Å². The lowest BCUT2D eigenvalue weighted by atomic mass is 10.1. The maximum Gasteiger partial charge on any atom is 0.255 e. The molecule has 0 spiro atoms. The molecular weight excluding hydrogens is 328 g/mol. The summed E-state index contributed by atoms with van der Waals surface area (Å²) in [4.78, 5) is 16.2. The molecule has 0 fully saturated rings. The summed E-state index contributed by atoms with van der Waals surface area (Å²) in [6, 6.07) is 12.4. The summed E-state index contributed by atoms with van der Waals surface area (Å²) >= 11 is 6.06. The van der Waals surface area contributed by atoms with Gasteiger partial charge in [0.2, 0.25) is 0 Å². The molecule has 1 aromatic heterocycles. The summed E-state index contributed by atoms with van der Waals surface area (Å²) in [6.45, 7) is 0.607. The summed E-state index contributed by atoms with van der Waals surface area (Å²) in [5.41, 5.74) is 2.20. The quantitative estimate of drug-likeness (QED) is 0.772. The van der Waals surface area contributed by atoms with Gasteiger partial charge in [0, 0.05) is 11.3 Å². The third-order valence-corrected chi connectivity index (χ3v) is 3.73. The van der Waals surface area contributed by atoms with Crippen molar-refractivity contribution in [3.63, 3.8) is 0 Å². The molecule has 6 nitrogen and oxygen atoms in total. The number of hydrogen-bond acceptors (Lipinski definition) is 4. The monoisotopic (exact) mass is 342 g/mol. The average Bonchev–Trinajstić information content (AvgIpc) is 3.08. The van der Waals surface area contributed by atoms with Gasteiger partial charge in [-0.2, -0.15) is 5.10 Å². The number of anilines is 1. The van der Waals surface area contributed by atoms with E-state index in [0.29, 0.717) is 28.6 Å². The second-order valence-corrected chi connectivity index (χ2v) is 5.50. The van der Waals surface area contributed by atoms with Crippen LogP contribution >= 0.6 is 11.6 Å². The van der Waals surface area contributed by atoms with Crippen molar-refractivity contribution in [3.8, 4) is 5.75 Å². The van der Waals surface area contributed by atoms with Crippen LogP contribution in [0.15, 0.2) is 55.1 Å². The Balaban J connectivity index is 1.67. The molecule has 0 radical (unpaired) electrons. The Morgan fingerprint density at radius 3 is 2.67 bits per heavy atom. The van der Waals surface area contributed by atoms with Gasteiger partial charge in [-0.15, -0.1) is 0 Å². The van der Waals surface area contributed by atoms with Crippen LogP contribution in [0.1, 0.15) is 15.9 Å². The topological polar surface area (TPSA) is 69.0 Å². The third kappa shape index (κ3) is 3.72. The fourth-order valence-corrected chi connectivity index (χ4v) is 2.47. The van der Waals surface area contributed by atoms with Crippen LogP contribution in [-0.4, -0.2) is 27.8 Å². The number of halogens is 1. The highest BCUT2D eigenvalue weighted by molar-refractivity contribution is 6.32. The molecule has 3 rings (SSSR count). The number of carbonyl (C=O) groups is 1. The fourth-order valence-electron chi connectivity index (χ4n) is 2.21. The second-order valence-electron chi connectivity index (χ2n) is 5.09. The molecular formula is C17H15ClN4O2. The zero-order valence-corrected chi connectivity index (χ0v) is 13.7. The van der Waals surface area contributed by atoms with Crippen molar-refractivity contribution >= 4 is 23.2 Å². The van der Waals surface area contributed by atoms with Crippen molar-refractivity contribution in [1.82, 2.24) is 14.8 Å². The van der Waals surface area contributed by atoms with Crippen LogP contribution < -0.4 is 10.1 Å². The zero-order chi connectivity index (χ0) is 16.9. The van der Waals surface area contributed by atoms with E-state index in [2.05, 4.69) is 15.4 Å². The van der Waals surface area contributed by atoms with Gasteiger partial charge in [0.05, 0.1) is 18.7 Å². The van der Waals surface area contributed by atoms with E-state index >= 15 is 0 Å². The lowest BCUT2D eigenvalue weighted by molar-refractivity contribution is 0.102. The molecule has 3 aromatic rings. The summed E-state index contributed by atoms with van der Waals surface area (Å²) < 4.78 is 6.81. The molecule has 0 unspecified atom stereocenters. The summed E-state index contributed by atoms with van der Waals surface area (Å²) in [5.74, 6) is 0.357. The Labute approximate surface area is 144 Å². The molecule has 0 aliphatic carbocycles. The van der Waals surface area contributed by atoms with Crippen molar-refractivity contribution in [1.29, 1.82) is 0 Å². The van der Waals surface area contributed by atoms with Gasteiger partial charge >= 0.3 is 0 Å². The predicted molar refractivity (Wildman–Crippen MR) is 91.5 cm³/mol. The second kappa shape index (κ2) is 7.14. The number of aromatic nitrogens is 3. The number of carbonyl (C=O) groups excluding carboxylic acids is 1. The molecule has 7 heteroatoms. The van der Waals surface area contributed by atoms with Crippen LogP contribution in [0.25, 0.3) is 0 Å². The number of benzene rings is 2. The molecule has 0 saturated carbocycles. The number of nitrogens with zero attached hydrogens (tertiary/aromatic N) is 3. The van der Waals surface area contributed by atoms with E-state index in [-0.39, 0.29) is 5.91 Å². The minimum Gasteiger partial charge on any atom is -0.495 e. The summed E-state index contributed by atoms with van der Waals surface area (Å²) in [7, 11) is 1.54. The first kappa shape index (κ1) is 16.0. The van der Waals surface area contributed by atoms with Crippen molar-refractivity contribution in [2.24, 2.45) is 0 Å². The van der Waals surface area contributed by atoms with Gasteiger partial charge in [0.25, 0.3) is 5.91 Å². The maximum atomic E-state index is 12.3. The first-order chi connectivity index (χ1) is 11.7. The first-order valence-electron chi connectivity index (χ1n) is 7.22. The Hall–Kier alpha value is -2.86. The van der Waals surface area contributed by atoms with Crippen molar-refractivity contribution in [2.75, 3.05) is 12.4 Å². The van der Waals surface area contributed by atoms with E-state index < -0.39 is 0 Å². The molecule has 0 saturated heterocycles. The van der Waals surface area contributed by atoms with Crippen molar-refractivity contribution < 1.29 is 9.53 Å². The van der Waals surface area contributed by atoms with Gasteiger partial charge in [-0.3, -0.25) is 4.79 Å². The number of methoxy groups -OCH3 is 1. The van der Waals surface area contributed by atoms with Crippen LogP contribution in [0.4, 0.5) is 5.69 Å². The van der Waals surface area contributed by atoms with Crippen LogP contribution in [0.3, 0.4) is 0 Å². The standard InChI is InChI=1S/C17H15ClN4O2/c1-24-16-7-6-14(8-15(16)18)21-17(23)13-4-2-12(3-5-13)9-22-11-19-10-20-22/h2-8,10-11H,9H2,1H3,(H,21,23). The predicted octanol–water partition coefficient (Wildman–Crippen LogP) is 3.24. The smallest absolute Gasteiger partial charge is 0.255 e. The number of amides is 1. The molecule has 1 heterocycles. The largest absolute Gasteiger partial charge is 0.495 e.